The minimum Gasteiger partial charge on any atom is -0.496 e. The summed E-state index contributed by atoms with van der Waals surface area (Å²) >= 11 is 6.03. The van der Waals surface area contributed by atoms with Gasteiger partial charge in [-0.2, -0.15) is 5.10 Å². The van der Waals surface area contributed by atoms with E-state index in [1.165, 1.54) is 18.9 Å². The van der Waals surface area contributed by atoms with Crippen molar-refractivity contribution in [2.75, 3.05) is 21.3 Å². The molecule has 2 aromatic carbocycles. The van der Waals surface area contributed by atoms with Gasteiger partial charge in [0.1, 0.15) is 17.0 Å². The number of esters is 2. The molecule has 0 unspecified atom stereocenters. The molecule has 0 bridgehead atoms. The first-order valence-electron chi connectivity index (χ1n) is 8.64. The molecule has 0 amide bonds. The van der Waals surface area contributed by atoms with Crippen LogP contribution in [0.15, 0.2) is 48.5 Å². The predicted molar refractivity (Wildman–Crippen MR) is 108 cm³/mol. The Kier molecular flexibility index (Phi) is 6.19. The third-order valence-electron chi connectivity index (χ3n) is 4.35. The number of hydrogen-bond donors (Lipinski definition) is 0. The second kappa shape index (κ2) is 8.79. The van der Waals surface area contributed by atoms with E-state index in [0.29, 0.717) is 17.0 Å². The van der Waals surface area contributed by atoms with E-state index < -0.39 is 11.9 Å². The molecule has 0 aliphatic heterocycles. The number of hydrogen-bond acceptors (Lipinski definition) is 6. The summed E-state index contributed by atoms with van der Waals surface area (Å²) in [6.07, 6.45) is 0. The lowest BCUT2D eigenvalue weighted by Gasteiger charge is -2.08. The van der Waals surface area contributed by atoms with Crippen LogP contribution in [0.5, 0.6) is 5.75 Å². The minimum atomic E-state index is -0.709. The molecular weight excluding hydrogens is 396 g/mol. The first-order chi connectivity index (χ1) is 14.0. The number of aromatic nitrogens is 2. The molecule has 8 heteroatoms. The molecule has 3 aromatic rings. The van der Waals surface area contributed by atoms with Crippen molar-refractivity contribution in [1.82, 2.24) is 9.78 Å². The van der Waals surface area contributed by atoms with E-state index in [9.17, 15) is 9.59 Å². The molecule has 0 N–H and O–H groups in total. The summed E-state index contributed by atoms with van der Waals surface area (Å²) in [5.74, 6) is -0.600. The number of carbonyl (C=O) groups is 2. The van der Waals surface area contributed by atoms with E-state index in [1.54, 1.807) is 49.6 Å². The quantitative estimate of drug-likeness (QED) is 0.450. The van der Waals surface area contributed by atoms with Gasteiger partial charge in [-0.05, 0) is 30.3 Å². The first-order valence-corrected chi connectivity index (χ1v) is 9.17. The molecule has 29 heavy (non-hydrogen) atoms. The van der Waals surface area contributed by atoms with Gasteiger partial charge in [-0.25, -0.2) is 14.3 Å². The number of nitrogens with zero attached hydrogens (tertiary/aromatic N) is 2. The highest BCUT2D eigenvalue weighted by molar-refractivity contribution is 6.17. The van der Waals surface area contributed by atoms with Crippen LogP contribution in [0.2, 0.25) is 0 Å². The van der Waals surface area contributed by atoms with Gasteiger partial charge in [-0.15, -0.1) is 11.6 Å². The average molecular weight is 415 g/mol. The fraction of sp³-hybridized carbons (Fsp3) is 0.190. The topological polar surface area (TPSA) is 79.7 Å². The van der Waals surface area contributed by atoms with Crippen molar-refractivity contribution in [2.45, 2.75) is 5.88 Å². The van der Waals surface area contributed by atoms with Crippen LogP contribution >= 0.6 is 11.6 Å². The summed E-state index contributed by atoms with van der Waals surface area (Å²) in [4.78, 5) is 25.2. The molecule has 7 nitrogen and oxygen atoms in total. The molecule has 150 valence electrons. The standard InChI is InChI=1S/C21H19ClN2O5/c1-27-16-10-9-13(11-14(16)12-22)18-17(20(25)28-2)19(21(26)29-3)24(23-18)15-7-5-4-6-8-15/h4-11H,12H2,1-3H3. The van der Waals surface area contributed by atoms with Gasteiger partial charge in [0.05, 0.1) is 32.9 Å². The molecular formula is C21H19ClN2O5. The smallest absolute Gasteiger partial charge is 0.357 e. The van der Waals surface area contributed by atoms with Crippen molar-refractivity contribution in [1.29, 1.82) is 0 Å². The molecule has 1 aromatic heterocycles. The molecule has 3 rings (SSSR count). The zero-order chi connectivity index (χ0) is 21.0. The minimum absolute atomic E-state index is 0.00823. The van der Waals surface area contributed by atoms with Crippen molar-refractivity contribution < 1.29 is 23.8 Å². The second-order valence-electron chi connectivity index (χ2n) is 5.96. The first kappa shape index (κ1) is 20.4. The molecule has 0 aliphatic rings. The molecule has 0 saturated heterocycles. The van der Waals surface area contributed by atoms with Crippen molar-refractivity contribution in [3.63, 3.8) is 0 Å². The number of methoxy groups -OCH3 is 3. The van der Waals surface area contributed by atoms with Crippen molar-refractivity contribution >= 4 is 23.5 Å². The maximum atomic E-state index is 12.6. The summed E-state index contributed by atoms with van der Waals surface area (Å²) in [6.45, 7) is 0. The maximum Gasteiger partial charge on any atom is 0.357 e. The SMILES string of the molecule is COC(=O)c1c(-c2ccc(OC)c(CCl)c2)nn(-c2ccccc2)c1C(=O)OC. The van der Waals surface area contributed by atoms with Crippen LogP contribution in [0, 0.1) is 0 Å². The van der Waals surface area contributed by atoms with Crippen LogP contribution in [-0.2, 0) is 15.4 Å². The van der Waals surface area contributed by atoms with Gasteiger partial charge in [0.2, 0.25) is 0 Å². The van der Waals surface area contributed by atoms with Gasteiger partial charge in [0, 0.05) is 11.1 Å². The summed E-state index contributed by atoms with van der Waals surface area (Å²) in [5.41, 5.74) is 2.15. The van der Waals surface area contributed by atoms with Crippen molar-refractivity contribution in [3.8, 4) is 22.7 Å². The molecule has 0 radical (unpaired) electrons. The van der Waals surface area contributed by atoms with Gasteiger partial charge < -0.3 is 14.2 Å². The number of para-hydroxylation sites is 1. The van der Waals surface area contributed by atoms with E-state index in [4.69, 9.17) is 25.8 Å². The molecule has 1 heterocycles. The zero-order valence-electron chi connectivity index (χ0n) is 16.1. The van der Waals surface area contributed by atoms with Crippen molar-refractivity contribution in [3.05, 3.63) is 65.4 Å². The number of halogens is 1. The van der Waals surface area contributed by atoms with E-state index in [-0.39, 0.29) is 22.8 Å². The number of carbonyl (C=O) groups excluding carboxylic acids is 2. The summed E-state index contributed by atoms with van der Waals surface area (Å²) in [6, 6.07) is 14.2. The van der Waals surface area contributed by atoms with Gasteiger partial charge in [0.25, 0.3) is 0 Å². The van der Waals surface area contributed by atoms with Gasteiger partial charge in [-0.3, -0.25) is 0 Å². The van der Waals surface area contributed by atoms with Gasteiger partial charge >= 0.3 is 11.9 Å². The van der Waals surface area contributed by atoms with E-state index >= 15 is 0 Å². The lowest BCUT2D eigenvalue weighted by Crippen LogP contribution is -2.15. The number of alkyl halides is 1. The Labute approximate surface area is 172 Å². The van der Waals surface area contributed by atoms with Gasteiger partial charge in [-0.1, -0.05) is 18.2 Å². The van der Waals surface area contributed by atoms with Crippen molar-refractivity contribution in [2.24, 2.45) is 0 Å². The third-order valence-corrected chi connectivity index (χ3v) is 4.64. The molecule has 0 fully saturated rings. The summed E-state index contributed by atoms with van der Waals surface area (Å²) in [5, 5.41) is 4.55. The highest BCUT2D eigenvalue weighted by Crippen LogP contribution is 2.32. The van der Waals surface area contributed by atoms with Crippen LogP contribution in [-0.4, -0.2) is 43.0 Å². The molecule has 0 aliphatic carbocycles. The largest absolute Gasteiger partial charge is 0.496 e. The molecule has 0 saturated carbocycles. The lowest BCUT2D eigenvalue weighted by atomic mass is 10.0. The predicted octanol–water partition coefficient (Wildman–Crippen LogP) is 3.86. The Morgan fingerprint density at radius 1 is 1.00 bits per heavy atom. The van der Waals surface area contributed by atoms with E-state index in [2.05, 4.69) is 5.10 Å². The Hall–Kier alpha value is -3.32. The highest BCUT2D eigenvalue weighted by Gasteiger charge is 2.31. The number of rotatable bonds is 6. The zero-order valence-corrected chi connectivity index (χ0v) is 16.9. The highest BCUT2D eigenvalue weighted by atomic mass is 35.5. The molecule has 0 spiro atoms. The average Bonchev–Trinajstić information content (AvgIpc) is 3.18. The van der Waals surface area contributed by atoms with Crippen LogP contribution in [0.4, 0.5) is 0 Å². The fourth-order valence-electron chi connectivity index (χ4n) is 2.99. The monoisotopic (exact) mass is 414 g/mol. The fourth-order valence-corrected chi connectivity index (χ4v) is 3.20. The Morgan fingerprint density at radius 2 is 1.69 bits per heavy atom. The summed E-state index contributed by atoms with van der Waals surface area (Å²) in [7, 11) is 4.03. The van der Waals surface area contributed by atoms with Gasteiger partial charge in [0.15, 0.2) is 5.69 Å². The Bertz CT molecular complexity index is 1050. The van der Waals surface area contributed by atoms with E-state index in [0.717, 1.165) is 5.56 Å². The number of benzene rings is 2. The van der Waals surface area contributed by atoms with E-state index in [1.807, 2.05) is 6.07 Å². The Morgan fingerprint density at radius 3 is 2.28 bits per heavy atom. The summed E-state index contributed by atoms with van der Waals surface area (Å²) < 4.78 is 16.5. The van der Waals surface area contributed by atoms with Crippen LogP contribution in [0.3, 0.4) is 0 Å². The normalized spacial score (nSPS) is 10.5. The van der Waals surface area contributed by atoms with Crippen LogP contribution < -0.4 is 4.74 Å². The molecule has 0 atom stereocenters. The maximum absolute atomic E-state index is 12.6. The van der Waals surface area contributed by atoms with Crippen LogP contribution in [0.1, 0.15) is 26.4 Å². The van der Waals surface area contributed by atoms with Crippen LogP contribution in [0.25, 0.3) is 16.9 Å². The lowest BCUT2D eigenvalue weighted by molar-refractivity contribution is 0.0549. The number of ether oxygens (including phenoxy) is 3. The second-order valence-corrected chi connectivity index (χ2v) is 6.23. The Balaban J connectivity index is 2.33. The third kappa shape index (κ3) is 3.82.